The number of allylic oxidation sites excluding steroid dienone is 1. The van der Waals surface area contributed by atoms with Crippen molar-refractivity contribution in [2.45, 2.75) is 13.3 Å². The highest BCUT2D eigenvalue weighted by molar-refractivity contribution is 6.72. The van der Waals surface area contributed by atoms with E-state index in [0.29, 0.717) is 44.2 Å². The van der Waals surface area contributed by atoms with Crippen molar-refractivity contribution in [2.75, 3.05) is 0 Å². The minimum absolute atomic E-state index is 0.00597. The van der Waals surface area contributed by atoms with E-state index >= 15 is 0 Å². The van der Waals surface area contributed by atoms with Gasteiger partial charge >= 0.3 is 0 Å². The summed E-state index contributed by atoms with van der Waals surface area (Å²) in [5, 5.41) is 4.92. The predicted molar refractivity (Wildman–Crippen MR) is 281 cm³/mol. The van der Waals surface area contributed by atoms with Gasteiger partial charge in [0.25, 0.3) is 0 Å². The van der Waals surface area contributed by atoms with Gasteiger partial charge < -0.3 is 13.7 Å². The van der Waals surface area contributed by atoms with Gasteiger partial charge in [0.05, 0.1) is 16.6 Å². The molecule has 1 unspecified atom stereocenters. The summed E-state index contributed by atoms with van der Waals surface area (Å²) in [6, 6.07) is 24.9. The number of hydrogen-bond donors (Lipinski definition) is 0. The summed E-state index contributed by atoms with van der Waals surface area (Å²) in [4.78, 5) is 0. The lowest BCUT2D eigenvalue weighted by Gasteiger charge is -2.26. The smallest absolute Gasteiger partial charge is 0.116 e. The van der Waals surface area contributed by atoms with Crippen LogP contribution in [0.25, 0.3) is 88.4 Å². The van der Waals surface area contributed by atoms with Gasteiger partial charge in [-0.25, -0.2) is 0 Å². The monoisotopic (exact) mass is 769 g/mol. The minimum atomic E-state index is 0.00597. The third-order valence-corrected chi connectivity index (χ3v) is 13.2. The fourth-order valence-corrected chi connectivity index (χ4v) is 10.2. The normalized spacial score (nSPS) is 14.0. The number of hydrogen-bond acceptors (Lipinski definition) is 0. The standard InChI is InChI=1S/C47H20B13N3/c1-17-11-13-24-21(15-17)19-12-14-25-27(44(19)61(24)18-7-3-2-4-8-18)20-9-5-6-10-23(20)62(25)26-16-22-28-29-30(33(50)36(53)35(52)32(29)49)34(51)41(58)46(28)63(45(22)40(57)31(26)48)47-42(59)38(55)37(54)39(56)43(47)60/h2-14,16-17H,15H2,1H3. The van der Waals surface area contributed by atoms with Crippen LogP contribution >= 0.6 is 0 Å². The second-order valence-electron chi connectivity index (χ2n) is 16.6. The Labute approximate surface area is 382 Å². The number of aromatic nitrogens is 3. The van der Waals surface area contributed by atoms with E-state index in [1.54, 1.807) is 4.57 Å². The summed E-state index contributed by atoms with van der Waals surface area (Å²) in [5.74, 6) is 0.379. The Morgan fingerprint density at radius 3 is 1.71 bits per heavy atom. The van der Waals surface area contributed by atoms with Crippen LogP contribution in [0.3, 0.4) is 0 Å². The number of nitrogens with zero attached hydrogens (tertiary/aromatic N) is 3. The molecule has 0 bridgehead atoms. The van der Waals surface area contributed by atoms with Gasteiger partial charge in [-0.3, -0.25) is 0 Å². The number of benzene rings is 7. The molecule has 1 aliphatic rings. The molecule has 26 radical (unpaired) electrons. The second kappa shape index (κ2) is 14.0. The summed E-state index contributed by atoms with van der Waals surface area (Å²) in [7, 11) is 88.0. The Balaban J connectivity index is 1.37. The van der Waals surface area contributed by atoms with E-state index in [9.17, 15) is 0 Å². The highest BCUT2D eigenvalue weighted by atomic mass is 15.0. The topological polar surface area (TPSA) is 14.8 Å². The fraction of sp³-hybridized carbons (Fsp3) is 0.0638. The molecule has 0 saturated carbocycles. The number of rotatable bonds is 3. The third kappa shape index (κ3) is 5.21. The number of para-hydroxylation sites is 2. The van der Waals surface area contributed by atoms with Gasteiger partial charge in [-0.2, -0.15) is 0 Å². The lowest BCUT2D eigenvalue weighted by atomic mass is 9.61. The summed E-state index contributed by atoms with van der Waals surface area (Å²) < 4.78 is 6.15. The van der Waals surface area contributed by atoms with Crippen molar-refractivity contribution in [3.05, 3.63) is 90.1 Å². The molecule has 11 rings (SSSR count). The van der Waals surface area contributed by atoms with E-state index in [1.807, 2.05) is 24.3 Å². The molecule has 1 atom stereocenters. The van der Waals surface area contributed by atoms with E-state index in [1.165, 1.54) is 10.9 Å². The molecule has 3 aromatic heterocycles. The molecule has 16 heteroatoms. The second-order valence-corrected chi connectivity index (χ2v) is 16.6. The molecule has 0 fully saturated rings. The van der Waals surface area contributed by atoms with Crippen LogP contribution in [0.5, 0.6) is 0 Å². The van der Waals surface area contributed by atoms with Crippen LogP contribution in [0, 0.1) is 5.92 Å². The van der Waals surface area contributed by atoms with Gasteiger partial charge in [0.2, 0.25) is 0 Å². The van der Waals surface area contributed by atoms with Crippen LogP contribution < -0.4 is 71.0 Å². The fourth-order valence-electron chi connectivity index (χ4n) is 10.2. The SMILES string of the molecule is [B]c1c([B])c([B])c(-n2c3c([B])c([B])c(-n4c5ccccc5c5c6c(ccc54)c4c(n6-c5ccccc5)C=CC(C)C4)cc3c3c4c([B])c([B])c([B])c([B])c4c([B])c([B])c32)c([B])c1[B]. The van der Waals surface area contributed by atoms with Gasteiger partial charge in [0.15, 0.2) is 0 Å². The van der Waals surface area contributed by atoms with Crippen LogP contribution in [0.15, 0.2) is 78.9 Å². The lowest BCUT2D eigenvalue weighted by molar-refractivity contribution is 0.718. The average Bonchev–Trinajstić information content (AvgIpc) is 3.92. The van der Waals surface area contributed by atoms with Crippen molar-refractivity contribution in [3.63, 3.8) is 0 Å². The average molecular weight is 767 g/mol. The Hall–Kier alpha value is -5.48. The molecular formula is C47H20B13N3. The van der Waals surface area contributed by atoms with Crippen molar-refractivity contribution in [3.8, 4) is 17.1 Å². The van der Waals surface area contributed by atoms with E-state index < -0.39 is 0 Å². The first-order valence-corrected chi connectivity index (χ1v) is 20.3. The first-order chi connectivity index (χ1) is 30.1. The van der Waals surface area contributed by atoms with E-state index in [-0.39, 0.29) is 76.7 Å². The molecule has 0 N–H and O–H groups in total. The summed E-state index contributed by atoms with van der Waals surface area (Å²) in [5.41, 5.74) is 8.73. The lowest BCUT2D eigenvalue weighted by Crippen LogP contribution is -2.56. The van der Waals surface area contributed by atoms with Gasteiger partial charge in [-0.15, -0.1) is 27.3 Å². The Morgan fingerprint density at radius 2 is 1.02 bits per heavy atom. The Morgan fingerprint density at radius 1 is 0.429 bits per heavy atom. The number of fused-ring (bicyclic) bond motifs is 12. The van der Waals surface area contributed by atoms with Crippen molar-refractivity contribution >= 4 is 244 Å². The van der Waals surface area contributed by atoms with Crippen molar-refractivity contribution < 1.29 is 0 Å². The molecule has 3 heterocycles. The van der Waals surface area contributed by atoms with E-state index in [2.05, 4.69) is 76.7 Å². The Kier molecular flexibility index (Phi) is 8.96. The van der Waals surface area contributed by atoms with Gasteiger partial charge in [-0.1, -0.05) is 99.2 Å². The van der Waals surface area contributed by atoms with Crippen LogP contribution in [-0.2, 0) is 6.42 Å². The maximum Gasteiger partial charge on any atom is 0.116 e. The largest absolute Gasteiger partial charge is 0.312 e. The first kappa shape index (κ1) is 40.3. The zero-order chi connectivity index (χ0) is 44.2. The minimum Gasteiger partial charge on any atom is -0.312 e. The first-order valence-electron chi connectivity index (χ1n) is 20.3. The molecule has 0 amide bonds. The maximum absolute atomic E-state index is 7.33. The molecule has 262 valence electrons. The van der Waals surface area contributed by atoms with Gasteiger partial charge in [-0.05, 0) is 65.1 Å². The van der Waals surface area contributed by atoms with Crippen molar-refractivity contribution in [1.29, 1.82) is 0 Å². The quantitative estimate of drug-likeness (QED) is 0.166. The third-order valence-electron chi connectivity index (χ3n) is 13.2. The van der Waals surface area contributed by atoms with Gasteiger partial charge in [0.1, 0.15) is 102 Å². The summed E-state index contributed by atoms with van der Waals surface area (Å²) in [6.07, 6.45) is 5.42. The van der Waals surface area contributed by atoms with Crippen LogP contribution in [-0.4, -0.2) is 116 Å². The van der Waals surface area contributed by atoms with Crippen LogP contribution in [0.2, 0.25) is 0 Å². The van der Waals surface area contributed by atoms with Crippen LogP contribution in [0.1, 0.15) is 18.2 Å². The van der Waals surface area contributed by atoms with Crippen molar-refractivity contribution in [2.24, 2.45) is 5.92 Å². The molecule has 63 heavy (non-hydrogen) atoms. The molecule has 1 aliphatic carbocycles. The predicted octanol–water partition coefficient (Wildman–Crippen LogP) is -3.50. The Bertz CT molecular complexity index is 3740. The molecule has 10 aromatic rings. The van der Waals surface area contributed by atoms with E-state index in [4.69, 9.17) is 102 Å². The van der Waals surface area contributed by atoms with Crippen LogP contribution in [0.4, 0.5) is 0 Å². The van der Waals surface area contributed by atoms with E-state index in [0.717, 1.165) is 45.1 Å². The molecule has 3 nitrogen and oxygen atoms in total. The molecular weight excluding hydrogens is 747 g/mol. The highest BCUT2D eigenvalue weighted by Crippen LogP contribution is 2.43. The van der Waals surface area contributed by atoms with Crippen molar-refractivity contribution in [1.82, 2.24) is 13.7 Å². The summed E-state index contributed by atoms with van der Waals surface area (Å²) in [6.45, 7) is 2.24. The molecule has 0 spiro atoms. The molecule has 7 aromatic carbocycles. The molecule has 0 aliphatic heterocycles. The van der Waals surface area contributed by atoms with Gasteiger partial charge in [0, 0.05) is 60.7 Å². The summed E-state index contributed by atoms with van der Waals surface area (Å²) >= 11 is 0. The maximum atomic E-state index is 7.33. The molecule has 0 saturated heterocycles. The zero-order valence-electron chi connectivity index (χ0n) is 34.2. The highest BCUT2D eigenvalue weighted by Gasteiger charge is 2.29. The zero-order valence-corrected chi connectivity index (χ0v) is 34.2.